The van der Waals surface area contributed by atoms with Crippen LogP contribution in [0.1, 0.15) is 0 Å². The molecule has 0 aromatic heterocycles. The van der Waals surface area contributed by atoms with Crippen LogP contribution in [-0.2, 0) is 21.9 Å². The molecule has 0 aromatic rings. The summed E-state index contributed by atoms with van der Waals surface area (Å²) in [5.74, 6) is 0. The van der Waals surface area contributed by atoms with E-state index in [-0.39, 0.29) is 93.4 Å². The predicted octanol–water partition coefficient (Wildman–Crippen LogP) is -17.3. The average Bonchev–Trinajstić information content (AvgIpc) is 2.12. The number of hydrogen-bond acceptors (Lipinski definition) is 6. The van der Waals surface area contributed by atoms with Gasteiger partial charge in [0.15, 0.2) is 6.29 Å². The third kappa shape index (κ3) is 28.7. The van der Waals surface area contributed by atoms with E-state index in [1.54, 1.807) is 0 Å². The molecule has 12 nitrogen and oxygen atoms in total. The minimum Gasteiger partial charge on any atom is -1.00 e. The van der Waals surface area contributed by atoms with E-state index in [1.165, 1.54) is 0 Å². The molecule has 0 aliphatic rings. The Labute approximate surface area is 155 Å². The van der Waals surface area contributed by atoms with Crippen LogP contribution in [0.3, 0.4) is 0 Å². The topological polar surface area (TPSA) is 307 Å². The number of halogens is 3. The van der Waals surface area contributed by atoms with Gasteiger partial charge in [-0.15, -0.1) is 0 Å². The number of rotatable bonds is 5. The molecular weight excluding hydrogens is 426 g/mol. The van der Waals surface area contributed by atoms with E-state index < -0.39 is 31.0 Å². The van der Waals surface area contributed by atoms with Gasteiger partial charge in [0.05, 0.1) is 6.61 Å². The maximum absolute atomic E-state index is 9.90. The molecule has 0 fully saturated rings. The van der Waals surface area contributed by atoms with Crippen LogP contribution in [0.4, 0.5) is 0 Å². The van der Waals surface area contributed by atoms with Crippen LogP contribution in [0.15, 0.2) is 0 Å². The van der Waals surface area contributed by atoms with Gasteiger partial charge in [0.2, 0.25) is 0 Å². The summed E-state index contributed by atoms with van der Waals surface area (Å²) in [5.41, 5.74) is 0. The van der Waals surface area contributed by atoms with Crippen LogP contribution in [-0.4, -0.2) is 95.7 Å². The molecule has 17 N–H and O–H groups in total. The molecule has 0 aliphatic heterocycles. The largest absolute Gasteiger partial charge is 3.00 e. The van der Waals surface area contributed by atoms with E-state index >= 15 is 0 Å². The zero-order chi connectivity index (χ0) is 9.72. The van der Waals surface area contributed by atoms with Crippen molar-refractivity contribution in [3.05, 3.63) is 0 Å². The molecule has 16 heteroatoms. The molecule has 0 rings (SSSR count). The summed E-state index contributed by atoms with van der Waals surface area (Å²) in [5, 5.41) is 43.5. The predicted molar refractivity (Wildman–Crippen MR) is 58.9 cm³/mol. The normalized spacial score (nSPS) is 11.5. The molecule has 0 aromatic carbocycles. The second kappa shape index (κ2) is 43.0. The first kappa shape index (κ1) is 78.3. The number of aliphatic hydroxyl groups excluding tert-OH is 5. The summed E-state index contributed by atoms with van der Waals surface area (Å²) in [4.78, 5) is 9.90. The Kier molecular flexibility index (Phi) is 153. The van der Waals surface area contributed by atoms with Gasteiger partial charge in [0.25, 0.3) is 0 Å². The van der Waals surface area contributed by atoms with E-state index in [1.807, 2.05) is 0 Å². The Morgan fingerprint density at radius 1 is 0.727 bits per heavy atom. The molecular formula is C6H24Cl3FeO12. The van der Waals surface area contributed by atoms with E-state index in [9.17, 15) is 4.79 Å². The first-order chi connectivity index (χ1) is 5.54. The minimum absolute atomic E-state index is 0. The fraction of sp³-hybridized carbons (Fsp3) is 0.833. The van der Waals surface area contributed by atoms with Gasteiger partial charge in [-0.3, -0.25) is 0 Å². The summed E-state index contributed by atoms with van der Waals surface area (Å²) in [6, 6.07) is 0. The van der Waals surface area contributed by atoms with Gasteiger partial charge in [0, 0.05) is 0 Å². The Morgan fingerprint density at radius 3 is 1.18 bits per heavy atom. The number of aldehydes is 1. The molecule has 0 amide bonds. The fourth-order valence-corrected chi connectivity index (χ4v) is 0.618. The van der Waals surface area contributed by atoms with Gasteiger partial charge in [-0.25, -0.2) is 0 Å². The third-order valence-corrected chi connectivity index (χ3v) is 1.42. The number of hydrogen-bond donors (Lipinski definition) is 5. The van der Waals surface area contributed by atoms with Crippen molar-refractivity contribution in [2.24, 2.45) is 0 Å². The smallest absolute Gasteiger partial charge is 1.00 e. The summed E-state index contributed by atoms with van der Waals surface area (Å²) >= 11 is 0. The second-order valence-electron chi connectivity index (χ2n) is 2.36. The Balaban J connectivity index is -0.0000000134. The van der Waals surface area contributed by atoms with Gasteiger partial charge in [-0.1, -0.05) is 0 Å². The molecule has 0 spiro atoms. The molecule has 22 heavy (non-hydrogen) atoms. The van der Waals surface area contributed by atoms with Crippen molar-refractivity contribution in [3.8, 4) is 0 Å². The zero-order valence-corrected chi connectivity index (χ0v) is 14.1. The second-order valence-corrected chi connectivity index (χ2v) is 2.36. The first-order valence-corrected chi connectivity index (χ1v) is 3.33. The van der Waals surface area contributed by atoms with Gasteiger partial charge in [0.1, 0.15) is 24.4 Å². The summed E-state index contributed by atoms with van der Waals surface area (Å²) in [7, 11) is 0. The van der Waals surface area contributed by atoms with Crippen molar-refractivity contribution in [3.63, 3.8) is 0 Å². The quantitative estimate of drug-likeness (QED) is 0.200. The SMILES string of the molecule is O.O.O.O.O.O.O=CC(O)C(O)C(O)C(O)CO.[Cl-].[Cl-].[Cl-].[Fe+3]. The summed E-state index contributed by atoms with van der Waals surface area (Å²) in [6.45, 7) is -0.760. The van der Waals surface area contributed by atoms with Crippen molar-refractivity contribution >= 4 is 6.29 Å². The molecule has 1 radical (unpaired) electrons. The van der Waals surface area contributed by atoms with Gasteiger partial charge in [-0.2, -0.15) is 0 Å². The molecule has 4 unspecified atom stereocenters. The van der Waals surface area contributed by atoms with Gasteiger partial charge >= 0.3 is 17.1 Å². The Hall–Kier alpha value is 0.619. The van der Waals surface area contributed by atoms with Crippen molar-refractivity contribution in [2.75, 3.05) is 6.61 Å². The molecule has 0 heterocycles. The molecule has 0 saturated carbocycles. The summed E-state index contributed by atoms with van der Waals surface area (Å²) in [6.07, 6.45) is -6.84. The zero-order valence-electron chi connectivity index (χ0n) is 10.7. The van der Waals surface area contributed by atoms with Crippen molar-refractivity contribution in [2.45, 2.75) is 24.4 Å². The average molecular weight is 450 g/mol. The van der Waals surface area contributed by atoms with E-state index in [0.717, 1.165) is 0 Å². The van der Waals surface area contributed by atoms with Crippen LogP contribution in [0.25, 0.3) is 0 Å². The fourth-order valence-electron chi connectivity index (χ4n) is 0.618. The van der Waals surface area contributed by atoms with Crippen LogP contribution in [0, 0.1) is 0 Å². The number of aliphatic hydroxyl groups is 5. The maximum Gasteiger partial charge on any atom is 3.00 e. The van der Waals surface area contributed by atoms with Crippen molar-refractivity contribution in [1.29, 1.82) is 0 Å². The molecule has 0 saturated heterocycles. The van der Waals surface area contributed by atoms with E-state index in [0.29, 0.717) is 0 Å². The standard InChI is InChI=1S/C6H12O6.3ClH.Fe.6H2O/c7-1-3(9)5(11)6(12)4(10)2-8;;;;;;;;;;/h1,3-6,8-12H,2H2;3*1H;;6*1H2/q;;;;+3;;;;;;/p-3. The molecule has 149 valence electrons. The minimum atomic E-state index is -1.79. The van der Waals surface area contributed by atoms with Crippen molar-refractivity contribution in [1.82, 2.24) is 0 Å². The van der Waals surface area contributed by atoms with Crippen LogP contribution >= 0.6 is 0 Å². The van der Waals surface area contributed by atoms with E-state index in [4.69, 9.17) is 25.5 Å². The molecule has 0 bridgehead atoms. The van der Waals surface area contributed by atoms with Gasteiger partial charge < -0.3 is 100 Å². The van der Waals surface area contributed by atoms with Crippen molar-refractivity contribution < 1.29 is 117 Å². The maximum atomic E-state index is 9.90. The van der Waals surface area contributed by atoms with Crippen LogP contribution < -0.4 is 37.2 Å². The number of carbonyl (C=O) groups excluding carboxylic acids is 1. The van der Waals surface area contributed by atoms with Crippen LogP contribution in [0.5, 0.6) is 0 Å². The third-order valence-electron chi connectivity index (χ3n) is 1.42. The first-order valence-electron chi connectivity index (χ1n) is 3.33. The van der Waals surface area contributed by atoms with E-state index in [2.05, 4.69) is 0 Å². The number of carbonyl (C=O) groups is 1. The molecule has 4 atom stereocenters. The van der Waals surface area contributed by atoms with Crippen LogP contribution in [0.2, 0.25) is 0 Å². The molecule has 0 aliphatic carbocycles. The monoisotopic (exact) mass is 449 g/mol. The van der Waals surface area contributed by atoms with Gasteiger partial charge in [-0.05, 0) is 0 Å². The Morgan fingerprint density at radius 2 is 1.00 bits per heavy atom. The summed E-state index contributed by atoms with van der Waals surface area (Å²) < 4.78 is 0. The Bertz CT molecular complexity index is 161.